The van der Waals surface area contributed by atoms with E-state index < -0.39 is 0 Å². The van der Waals surface area contributed by atoms with E-state index in [1.807, 2.05) is 24.3 Å². The van der Waals surface area contributed by atoms with E-state index in [1.165, 1.54) is 12.1 Å². The number of hydrogen-bond donors (Lipinski definition) is 0. The van der Waals surface area contributed by atoms with Gasteiger partial charge in [0.1, 0.15) is 5.82 Å². The molecule has 0 unspecified atom stereocenters. The van der Waals surface area contributed by atoms with Crippen molar-refractivity contribution >= 4 is 22.5 Å². The third-order valence-electron chi connectivity index (χ3n) is 6.25. The lowest BCUT2D eigenvalue weighted by molar-refractivity contribution is 0.174. The quantitative estimate of drug-likeness (QED) is 0.465. The van der Waals surface area contributed by atoms with Gasteiger partial charge < -0.3 is 23.8 Å². The third kappa shape index (κ3) is 3.79. The molecule has 2 aliphatic rings. The van der Waals surface area contributed by atoms with Gasteiger partial charge >= 0.3 is 0 Å². The maximum atomic E-state index is 13.2. The number of aromatic nitrogens is 3. The number of rotatable bonds is 4. The highest BCUT2D eigenvalue weighted by atomic mass is 19.1. The van der Waals surface area contributed by atoms with Crippen LogP contribution in [0.15, 0.2) is 65.7 Å². The van der Waals surface area contributed by atoms with Crippen LogP contribution in [-0.2, 0) is 6.54 Å². The van der Waals surface area contributed by atoms with Crippen LogP contribution in [0.5, 0.6) is 11.5 Å². The molecule has 6 rings (SSSR count). The second-order valence-electron chi connectivity index (χ2n) is 8.36. The molecule has 172 valence electrons. The molecule has 2 aliphatic heterocycles. The number of nitrogens with zero attached hydrogens (tertiary/aromatic N) is 5. The Morgan fingerprint density at radius 1 is 0.912 bits per heavy atom. The smallest absolute Gasteiger partial charge is 0.261 e. The Bertz CT molecular complexity index is 1410. The number of hydrogen-bond acceptors (Lipinski definition) is 7. The highest BCUT2D eigenvalue weighted by Gasteiger charge is 2.20. The number of pyridine rings is 1. The van der Waals surface area contributed by atoms with Gasteiger partial charge in [-0.05, 0) is 48.0 Å². The summed E-state index contributed by atoms with van der Waals surface area (Å²) < 4.78 is 25.6. The van der Waals surface area contributed by atoms with E-state index >= 15 is 0 Å². The maximum absolute atomic E-state index is 13.2. The van der Waals surface area contributed by atoms with Crippen LogP contribution in [0.2, 0.25) is 0 Å². The van der Waals surface area contributed by atoms with E-state index in [-0.39, 0.29) is 18.2 Å². The molecule has 34 heavy (non-hydrogen) atoms. The molecule has 8 nitrogen and oxygen atoms in total. The summed E-state index contributed by atoms with van der Waals surface area (Å²) in [6, 6.07) is 14.1. The summed E-state index contributed by atoms with van der Waals surface area (Å²) in [7, 11) is 0. The molecular weight excluding hydrogens is 437 g/mol. The number of ether oxygens (including phenoxy) is 2. The molecule has 2 aromatic carbocycles. The predicted octanol–water partition coefficient (Wildman–Crippen LogP) is 3.03. The minimum atomic E-state index is -0.234. The molecule has 0 bridgehead atoms. The Labute approximate surface area is 194 Å². The molecule has 1 fully saturated rings. The molecule has 4 aromatic rings. The number of fused-ring (bicyclic) bond motifs is 2. The molecule has 0 N–H and O–H groups in total. The minimum Gasteiger partial charge on any atom is -0.454 e. The average molecular weight is 459 g/mol. The van der Waals surface area contributed by atoms with E-state index in [1.54, 1.807) is 29.1 Å². The van der Waals surface area contributed by atoms with Crippen molar-refractivity contribution in [2.45, 2.75) is 6.54 Å². The summed E-state index contributed by atoms with van der Waals surface area (Å²) in [5.41, 5.74) is 2.44. The normalized spacial score (nSPS) is 15.2. The molecule has 0 saturated carbocycles. The molecule has 0 amide bonds. The summed E-state index contributed by atoms with van der Waals surface area (Å²) in [5, 5.41) is 0.483. The third-order valence-corrected chi connectivity index (χ3v) is 6.25. The van der Waals surface area contributed by atoms with Crippen molar-refractivity contribution in [2.75, 3.05) is 42.8 Å². The van der Waals surface area contributed by atoms with Gasteiger partial charge in [0.25, 0.3) is 5.56 Å². The van der Waals surface area contributed by atoms with Crippen LogP contribution < -0.4 is 24.8 Å². The molecule has 0 spiro atoms. The molecule has 2 aromatic heterocycles. The first-order valence-electron chi connectivity index (χ1n) is 11.1. The van der Waals surface area contributed by atoms with Gasteiger partial charge in [0.15, 0.2) is 11.5 Å². The maximum Gasteiger partial charge on any atom is 0.261 e. The monoisotopic (exact) mass is 459 g/mol. The molecule has 4 heterocycles. The Balaban J connectivity index is 1.19. The van der Waals surface area contributed by atoms with Gasteiger partial charge in [-0.2, -0.15) is 0 Å². The second kappa shape index (κ2) is 8.33. The van der Waals surface area contributed by atoms with Gasteiger partial charge in [0.2, 0.25) is 12.7 Å². The van der Waals surface area contributed by atoms with Crippen LogP contribution in [0.25, 0.3) is 10.9 Å². The van der Waals surface area contributed by atoms with E-state index in [2.05, 4.69) is 19.8 Å². The molecule has 0 atom stereocenters. The zero-order valence-electron chi connectivity index (χ0n) is 18.4. The molecule has 1 saturated heterocycles. The number of anilines is 2. The largest absolute Gasteiger partial charge is 0.454 e. The van der Waals surface area contributed by atoms with Crippen LogP contribution in [-0.4, -0.2) is 47.5 Å². The summed E-state index contributed by atoms with van der Waals surface area (Å²) in [4.78, 5) is 26.5. The van der Waals surface area contributed by atoms with Crippen molar-refractivity contribution in [1.82, 2.24) is 14.5 Å². The topological polar surface area (TPSA) is 72.7 Å². The van der Waals surface area contributed by atoms with Gasteiger partial charge in [-0.25, -0.2) is 14.4 Å². The van der Waals surface area contributed by atoms with E-state index in [9.17, 15) is 9.18 Å². The van der Waals surface area contributed by atoms with Crippen LogP contribution in [0, 0.1) is 5.82 Å². The zero-order valence-corrected chi connectivity index (χ0v) is 18.4. The van der Waals surface area contributed by atoms with Gasteiger partial charge in [-0.3, -0.25) is 4.79 Å². The number of piperazine rings is 1. The first-order valence-corrected chi connectivity index (χ1v) is 11.1. The highest BCUT2D eigenvalue weighted by Crippen LogP contribution is 2.32. The van der Waals surface area contributed by atoms with Crippen LogP contribution in [0.3, 0.4) is 0 Å². The lowest BCUT2D eigenvalue weighted by Crippen LogP contribution is -2.47. The average Bonchev–Trinajstić information content (AvgIpc) is 3.34. The zero-order chi connectivity index (χ0) is 23.1. The molecule has 0 aliphatic carbocycles. The van der Waals surface area contributed by atoms with Crippen molar-refractivity contribution < 1.29 is 13.9 Å². The fourth-order valence-corrected chi connectivity index (χ4v) is 4.39. The van der Waals surface area contributed by atoms with Crippen molar-refractivity contribution in [2.24, 2.45) is 0 Å². The van der Waals surface area contributed by atoms with E-state index in [0.717, 1.165) is 37.4 Å². The van der Waals surface area contributed by atoms with Crippen LogP contribution in [0.1, 0.15) is 5.56 Å². The Kier molecular flexibility index (Phi) is 5.01. The van der Waals surface area contributed by atoms with Gasteiger partial charge in [-0.15, -0.1) is 0 Å². The lowest BCUT2D eigenvalue weighted by Gasteiger charge is -2.36. The van der Waals surface area contributed by atoms with Crippen molar-refractivity contribution in [3.8, 4) is 11.5 Å². The van der Waals surface area contributed by atoms with Gasteiger partial charge in [-0.1, -0.05) is 6.07 Å². The first kappa shape index (κ1) is 20.5. The minimum absolute atomic E-state index is 0.136. The predicted molar refractivity (Wildman–Crippen MR) is 126 cm³/mol. The SMILES string of the molecule is O=c1c2cnc(N3CCN(c4ccc(F)cc4)CC3)nc2ccn1Cc1ccc2c(c1)OCO2. The Hall–Kier alpha value is -4.14. The Morgan fingerprint density at radius 3 is 2.50 bits per heavy atom. The van der Waals surface area contributed by atoms with Gasteiger partial charge in [0.05, 0.1) is 17.4 Å². The number of benzene rings is 2. The van der Waals surface area contributed by atoms with Crippen molar-refractivity contribution in [1.29, 1.82) is 0 Å². The number of halogens is 1. The van der Waals surface area contributed by atoms with Crippen LogP contribution >= 0.6 is 0 Å². The molecule has 0 radical (unpaired) electrons. The van der Waals surface area contributed by atoms with E-state index in [0.29, 0.717) is 34.9 Å². The van der Waals surface area contributed by atoms with Gasteiger partial charge in [0, 0.05) is 44.3 Å². The summed E-state index contributed by atoms with van der Waals surface area (Å²) >= 11 is 0. The van der Waals surface area contributed by atoms with Crippen LogP contribution in [0.4, 0.5) is 16.0 Å². The fourth-order valence-electron chi connectivity index (χ4n) is 4.39. The molecular formula is C25H22FN5O3. The van der Waals surface area contributed by atoms with E-state index in [4.69, 9.17) is 9.47 Å². The standard InChI is InChI=1S/C25H22FN5O3/c26-18-2-4-19(5-3-18)29-9-11-30(12-10-29)25-27-14-20-21(28-25)7-8-31(24(20)32)15-17-1-6-22-23(13-17)34-16-33-22/h1-8,13-14H,9-12,15-16H2. The van der Waals surface area contributed by atoms with Crippen molar-refractivity contribution in [3.05, 3.63) is 82.7 Å². The first-order chi connectivity index (χ1) is 16.6. The lowest BCUT2D eigenvalue weighted by atomic mass is 10.2. The summed E-state index contributed by atoms with van der Waals surface area (Å²) in [5.74, 6) is 1.79. The Morgan fingerprint density at radius 2 is 1.68 bits per heavy atom. The fraction of sp³-hybridized carbons (Fsp3) is 0.240. The highest BCUT2D eigenvalue weighted by molar-refractivity contribution is 5.77. The summed E-state index contributed by atoms with van der Waals surface area (Å²) in [6.07, 6.45) is 3.38. The summed E-state index contributed by atoms with van der Waals surface area (Å²) in [6.45, 7) is 3.68. The second-order valence-corrected chi connectivity index (χ2v) is 8.36. The van der Waals surface area contributed by atoms with Crippen molar-refractivity contribution in [3.63, 3.8) is 0 Å². The molecule has 9 heteroatoms.